The second kappa shape index (κ2) is 15.3. The molecule has 0 unspecified atom stereocenters. The minimum absolute atomic E-state index is 0.0332. The number of carbonyl (C=O) groups is 2. The zero-order valence-corrected chi connectivity index (χ0v) is 29.8. The van der Waals surface area contributed by atoms with Gasteiger partial charge in [0.1, 0.15) is 5.60 Å². The molecule has 0 spiro atoms. The molecule has 0 fully saturated rings. The molecule has 0 saturated carbocycles. The van der Waals surface area contributed by atoms with Gasteiger partial charge in [0.15, 0.2) is 8.32 Å². The first-order chi connectivity index (χ1) is 21.0. The summed E-state index contributed by atoms with van der Waals surface area (Å²) in [6.45, 7) is 19.7. The Labute approximate surface area is 274 Å². The minimum Gasteiger partial charge on any atom is -0.462 e. The highest BCUT2D eigenvalue weighted by Crippen LogP contribution is 2.40. The van der Waals surface area contributed by atoms with E-state index < -0.39 is 32.1 Å². The summed E-state index contributed by atoms with van der Waals surface area (Å²) in [4.78, 5) is 32.0. The van der Waals surface area contributed by atoms with Gasteiger partial charge in [0.25, 0.3) is 0 Å². The lowest BCUT2D eigenvalue weighted by Gasteiger charge is -2.40. The molecule has 45 heavy (non-hydrogen) atoms. The number of aromatic nitrogens is 1. The maximum absolute atomic E-state index is 13.5. The Morgan fingerprint density at radius 2 is 1.73 bits per heavy atom. The van der Waals surface area contributed by atoms with E-state index in [0.29, 0.717) is 35.8 Å². The molecule has 10 heteroatoms. The molecule has 8 nitrogen and oxygen atoms in total. The van der Waals surface area contributed by atoms with Crippen LogP contribution in [-0.4, -0.2) is 62.1 Å². The van der Waals surface area contributed by atoms with Crippen LogP contribution in [0.4, 0.5) is 10.5 Å². The van der Waals surface area contributed by atoms with Gasteiger partial charge in [-0.3, -0.25) is 4.98 Å². The quantitative estimate of drug-likeness (QED) is 0.154. The smallest absolute Gasteiger partial charge is 0.410 e. The molecule has 244 valence electrons. The third kappa shape index (κ3) is 10.6. The number of esters is 1. The molecule has 1 N–H and O–H groups in total. The van der Waals surface area contributed by atoms with Gasteiger partial charge < -0.3 is 24.1 Å². The summed E-state index contributed by atoms with van der Waals surface area (Å²) >= 11 is 6.40. The number of hydrogen-bond acceptors (Lipinski definition) is 7. The lowest BCUT2D eigenvalue weighted by molar-refractivity contribution is 0.0165. The van der Waals surface area contributed by atoms with Gasteiger partial charge in [0, 0.05) is 41.8 Å². The van der Waals surface area contributed by atoms with Crippen molar-refractivity contribution in [1.29, 1.82) is 0 Å². The molecule has 3 rings (SSSR count). The van der Waals surface area contributed by atoms with Gasteiger partial charge in [-0.05, 0) is 87.3 Å². The van der Waals surface area contributed by atoms with E-state index in [4.69, 9.17) is 25.5 Å². The van der Waals surface area contributed by atoms with E-state index in [1.807, 2.05) is 69.3 Å². The van der Waals surface area contributed by atoms with Crippen LogP contribution in [0.15, 0.2) is 67.0 Å². The Morgan fingerprint density at radius 3 is 2.38 bits per heavy atom. The number of amides is 1. The molecule has 1 heterocycles. The van der Waals surface area contributed by atoms with Gasteiger partial charge >= 0.3 is 12.1 Å². The van der Waals surface area contributed by atoms with Crippen molar-refractivity contribution in [3.05, 3.63) is 83.1 Å². The van der Waals surface area contributed by atoms with Crippen molar-refractivity contribution in [3.8, 4) is 11.1 Å². The Kier molecular flexibility index (Phi) is 12.2. The van der Waals surface area contributed by atoms with Crippen molar-refractivity contribution >= 4 is 37.7 Å². The average molecular weight is 654 g/mol. The maximum atomic E-state index is 13.5. The van der Waals surface area contributed by atoms with Crippen LogP contribution in [0, 0.1) is 0 Å². The van der Waals surface area contributed by atoms with Gasteiger partial charge in [-0.1, -0.05) is 56.6 Å². The molecule has 1 amide bonds. The van der Waals surface area contributed by atoms with Gasteiger partial charge in [-0.15, -0.1) is 0 Å². The number of pyridine rings is 1. The fourth-order valence-corrected chi connectivity index (χ4v) is 5.85. The molecule has 1 atom stereocenters. The predicted octanol–water partition coefficient (Wildman–Crippen LogP) is 8.99. The summed E-state index contributed by atoms with van der Waals surface area (Å²) in [5.41, 5.74) is 3.04. The molecule has 0 bridgehead atoms. The van der Waals surface area contributed by atoms with E-state index in [1.54, 1.807) is 30.3 Å². The molecule has 0 saturated heterocycles. The highest BCUT2D eigenvalue weighted by atomic mass is 35.5. The van der Waals surface area contributed by atoms with Crippen LogP contribution in [0.1, 0.15) is 70.5 Å². The maximum Gasteiger partial charge on any atom is 0.410 e. The number of hydrogen-bond donors (Lipinski definition) is 1. The minimum atomic E-state index is -2.23. The predicted molar refractivity (Wildman–Crippen MR) is 184 cm³/mol. The Bertz CT molecular complexity index is 1450. The topological polar surface area (TPSA) is 90.0 Å². The molecule has 0 radical (unpaired) electrons. The number of nitrogens with zero attached hydrogens (tertiary/aromatic N) is 2. The summed E-state index contributed by atoms with van der Waals surface area (Å²) in [6, 6.07) is 17.0. The van der Waals surface area contributed by atoms with Crippen molar-refractivity contribution in [2.24, 2.45) is 0 Å². The molecule has 0 aliphatic heterocycles. The fraction of sp³-hybridized carbons (Fsp3) is 0.457. The normalized spacial score (nSPS) is 12.8. The second-order valence-corrected chi connectivity index (χ2v) is 18.7. The number of halogens is 1. The Hall–Kier alpha value is -3.40. The number of ether oxygens (including phenoxy) is 2. The van der Waals surface area contributed by atoms with Crippen molar-refractivity contribution in [2.45, 2.75) is 78.3 Å². The first kappa shape index (κ1) is 36.1. The van der Waals surface area contributed by atoms with Gasteiger partial charge in [-0.25, -0.2) is 9.59 Å². The van der Waals surface area contributed by atoms with Crippen LogP contribution >= 0.6 is 11.6 Å². The highest BCUT2D eigenvalue weighted by Gasteiger charge is 2.40. The summed E-state index contributed by atoms with van der Waals surface area (Å²) in [5, 5.41) is 4.01. The second-order valence-electron chi connectivity index (χ2n) is 13.5. The zero-order chi connectivity index (χ0) is 33.4. The van der Waals surface area contributed by atoms with Crippen molar-refractivity contribution in [1.82, 2.24) is 9.88 Å². The van der Waals surface area contributed by atoms with E-state index >= 15 is 0 Å². The SMILES string of the molecule is CCOC(=O)c1ccncc1-c1cccc(NCCN(C[C@H](O[Si](C)(C)C(C)(C)C)c2cccc(Cl)c2)C(=O)OC(C)(C)C)c1. The number of anilines is 1. The molecule has 3 aromatic rings. The third-order valence-corrected chi connectivity index (χ3v) is 12.4. The van der Waals surface area contributed by atoms with Gasteiger partial charge in [0.05, 0.1) is 24.8 Å². The van der Waals surface area contributed by atoms with Gasteiger partial charge in [-0.2, -0.15) is 0 Å². The standard InChI is InChI=1S/C35H48ClN3O5Si/c1-10-42-32(40)29-17-18-37-23-30(29)25-13-12-16-28(22-25)38-19-20-39(33(41)43-34(2,3)4)24-31(26-14-11-15-27(36)21-26)44-45(8,9)35(5,6)7/h11-18,21-23,31,38H,10,19-20,24H2,1-9H3/t31-/m0/s1. The molecular weight excluding hydrogens is 606 g/mol. The summed E-state index contributed by atoms with van der Waals surface area (Å²) in [7, 11) is -2.23. The van der Waals surface area contributed by atoms with Crippen molar-refractivity contribution < 1.29 is 23.5 Å². The number of rotatable bonds is 12. The molecule has 1 aromatic heterocycles. The lowest BCUT2D eigenvalue weighted by atomic mass is 10.0. The van der Waals surface area contributed by atoms with Crippen LogP contribution in [0.2, 0.25) is 23.2 Å². The van der Waals surface area contributed by atoms with Crippen LogP contribution in [-0.2, 0) is 13.9 Å². The van der Waals surface area contributed by atoms with Gasteiger partial charge in [0.2, 0.25) is 0 Å². The van der Waals surface area contributed by atoms with Crippen LogP contribution in [0.25, 0.3) is 11.1 Å². The van der Waals surface area contributed by atoms with E-state index in [1.165, 1.54) is 0 Å². The van der Waals surface area contributed by atoms with E-state index in [2.05, 4.69) is 44.2 Å². The molecule has 2 aromatic carbocycles. The molecule has 0 aliphatic carbocycles. The molecule has 0 aliphatic rings. The van der Waals surface area contributed by atoms with Crippen LogP contribution in [0.3, 0.4) is 0 Å². The highest BCUT2D eigenvalue weighted by molar-refractivity contribution is 6.74. The van der Waals surface area contributed by atoms with E-state index in [-0.39, 0.29) is 11.6 Å². The summed E-state index contributed by atoms with van der Waals surface area (Å²) in [5.74, 6) is -0.393. The Morgan fingerprint density at radius 1 is 1.02 bits per heavy atom. The third-order valence-electron chi connectivity index (χ3n) is 7.70. The first-order valence-corrected chi connectivity index (χ1v) is 18.7. The summed E-state index contributed by atoms with van der Waals surface area (Å²) in [6.07, 6.45) is 2.42. The van der Waals surface area contributed by atoms with Crippen molar-refractivity contribution in [3.63, 3.8) is 0 Å². The van der Waals surface area contributed by atoms with E-state index in [9.17, 15) is 9.59 Å². The lowest BCUT2D eigenvalue weighted by Crippen LogP contribution is -2.46. The number of nitrogens with one attached hydrogen (secondary N) is 1. The number of benzene rings is 2. The monoisotopic (exact) mass is 653 g/mol. The van der Waals surface area contributed by atoms with Crippen LogP contribution in [0.5, 0.6) is 0 Å². The Balaban J connectivity index is 1.86. The molecular formula is C35H48ClN3O5Si. The fourth-order valence-electron chi connectivity index (χ4n) is 4.38. The summed E-state index contributed by atoms with van der Waals surface area (Å²) < 4.78 is 18.0. The zero-order valence-electron chi connectivity index (χ0n) is 28.1. The largest absolute Gasteiger partial charge is 0.462 e. The van der Waals surface area contributed by atoms with Crippen molar-refractivity contribution in [2.75, 3.05) is 31.6 Å². The average Bonchev–Trinajstić information content (AvgIpc) is 2.95. The number of carbonyl (C=O) groups excluding carboxylic acids is 2. The van der Waals surface area contributed by atoms with E-state index in [0.717, 1.165) is 16.8 Å². The van der Waals surface area contributed by atoms with Crippen LogP contribution < -0.4 is 5.32 Å². The first-order valence-electron chi connectivity index (χ1n) is 15.4.